The summed E-state index contributed by atoms with van der Waals surface area (Å²) in [7, 11) is 0. The number of aromatic nitrogens is 2. The number of carbonyl (C=O) groups is 1. The predicted octanol–water partition coefficient (Wildman–Crippen LogP) is 3.69. The number of para-hydroxylation sites is 1. The quantitative estimate of drug-likeness (QED) is 0.751. The van der Waals surface area contributed by atoms with Gasteiger partial charge in [-0.1, -0.05) is 24.3 Å². The van der Waals surface area contributed by atoms with Gasteiger partial charge in [0.1, 0.15) is 17.5 Å². The molecule has 0 saturated carbocycles. The molecule has 0 aliphatic carbocycles. The highest BCUT2D eigenvalue weighted by atomic mass is 16.5. The molecule has 0 fully saturated rings. The second-order valence-corrected chi connectivity index (χ2v) is 6.02. The van der Waals surface area contributed by atoms with Gasteiger partial charge in [-0.2, -0.15) is 5.26 Å². The van der Waals surface area contributed by atoms with Crippen molar-refractivity contribution in [1.29, 1.82) is 5.26 Å². The van der Waals surface area contributed by atoms with Gasteiger partial charge in [0, 0.05) is 24.5 Å². The Balaban J connectivity index is 1.74. The maximum absolute atomic E-state index is 12.3. The standard InChI is InChI=1S/C21H18N4O2/c1-14-5-3-6-15(2)19(14)27-21-17(7-4-10-23-21)13-25-20(26)16-8-9-18(11-22)24-12-16/h3-10,12H,13H2,1-2H3,(H,25,26). The largest absolute Gasteiger partial charge is 0.438 e. The first-order valence-electron chi connectivity index (χ1n) is 8.41. The van der Waals surface area contributed by atoms with Gasteiger partial charge in [0.25, 0.3) is 5.91 Å². The maximum atomic E-state index is 12.3. The van der Waals surface area contributed by atoms with E-state index in [1.807, 2.05) is 44.2 Å². The molecule has 0 bridgehead atoms. The first-order valence-corrected chi connectivity index (χ1v) is 8.41. The van der Waals surface area contributed by atoms with Crippen LogP contribution in [0.3, 0.4) is 0 Å². The molecule has 1 N–H and O–H groups in total. The third-order valence-electron chi connectivity index (χ3n) is 4.04. The molecule has 1 amide bonds. The van der Waals surface area contributed by atoms with E-state index in [9.17, 15) is 4.79 Å². The molecular formula is C21H18N4O2. The minimum Gasteiger partial charge on any atom is -0.438 e. The van der Waals surface area contributed by atoms with Crippen molar-refractivity contribution in [2.75, 3.05) is 0 Å². The fraction of sp³-hybridized carbons (Fsp3) is 0.143. The average molecular weight is 358 g/mol. The second-order valence-electron chi connectivity index (χ2n) is 6.02. The lowest BCUT2D eigenvalue weighted by atomic mass is 10.1. The minimum atomic E-state index is -0.283. The highest BCUT2D eigenvalue weighted by Crippen LogP contribution is 2.29. The Labute approximate surface area is 157 Å². The van der Waals surface area contributed by atoms with E-state index >= 15 is 0 Å². The van der Waals surface area contributed by atoms with Gasteiger partial charge in [-0.15, -0.1) is 0 Å². The molecule has 0 aliphatic heterocycles. The van der Waals surface area contributed by atoms with E-state index in [0.29, 0.717) is 11.4 Å². The lowest BCUT2D eigenvalue weighted by Gasteiger charge is -2.14. The van der Waals surface area contributed by atoms with Crippen LogP contribution in [0.4, 0.5) is 0 Å². The van der Waals surface area contributed by atoms with Crippen molar-refractivity contribution >= 4 is 5.91 Å². The van der Waals surface area contributed by atoms with Gasteiger partial charge < -0.3 is 10.1 Å². The lowest BCUT2D eigenvalue weighted by molar-refractivity contribution is 0.0950. The average Bonchev–Trinajstić information content (AvgIpc) is 2.70. The molecule has 134 valence electrons. The number of hydrogen-bond acceptors (Lipinski definition) is 5. The molecule has 2 aromatic heterocycles. The van der Waals surface area contributed by atoms with Crippen molar-refractivity contribution in [3.8, 4) is 17.7 Å². The zero-order valence-electron chi connectivity index (χ0n) is 15.1. The highest BCUT2D eigenvalue weighted by Gasteiger charge is 2.12. The number of nitrogens with one attached hydrogen (secondary N) is 1. The Kier molecular flexibility index (Phi) is 5.43. The first kappa shape index (κ1) is 18.1. The number of rotatable bonds is 5. The van der Waals surface area contributed by atoms with E-state index in [1.165, 1.54) is 12.3 Å². The van der Waals surface area contributed by atoms with E-state index in [4.69, 9.17) is 10.00 Å². The van der Waals surface area contributed by atoms with E-state index in [0.717, 1.165) is 22.4 Å². The van der Waals surface area contributed by atoms with Crippen molar-refractivity contribution in [2.24, 2.45) is 0 Å². The van der Waals surface area contributed by atoms with Gasteiger partial charge in [-0.3, -0.25) is 4.79 Å². The van der Waals surface area contributed by atoms with Crippen molar-refractivity contribution in [1.82, 2.24) is 15.3 Å². The number of carbonyl (C=O) groups excluding carboxylic acids is 1. The smallest absolute Gasteiger partial charge is 0.253 e. The maximum Gasteiger partial charge on any atom is 0.253 e. The normalized spacial score (nSPS) is 10.1. The number of hydrogen-bond donors (Lipinski definition) is 1. The minimum absolute atomic E-state index is 0.257. The van der Waals surface area contributed by atoms with Crippen LogP contribution >= 0.6 is 0 Å². The summed E-state index contributed by atoms with van der Waals surface area (Å²) >= 11 is 0. The van der Waals surface area contributed by atoms with Gasteiger partial charge in [0.05, 0.1) is 5.56 Å². The molecule has 0 unspecified atom stereocenters. The van der Waals surface area contributed by atoms with Crippen LogP contribution in [0.25, 0.3) is 0 Å². The van der Waals surface area contributed by atoms with Crippen LogP contribution in [0.15, 0.2) is 54.9 Å². The van der Waals surface area contributed by atoms with Crippen LogP contribution in [0.1, 0.15) is 32.7 Å². The second kappa shape index (κ2) is 8.11. The molecule has 1 aromatic carbocycles. The van der Waals surface area contributed by atoms with Crippen LogP contribution in [0, 0.1) is 25.2 Å². The summed E-state index contributed by atoms with van der Waals surface area (Å²) in [5.41, 5.74) is 3.44. The first-order chi connectivity index (χ1) is 13.1. The number of benzene rings is 1. The van der Waals surface area contributed by atoms with Crippen LogP contribution < -0.4 is 10.1 Å². The molecule has 0 aliphatic rings. The number of pyridine rings is 2. The summed E-state index contributed by atoms with van der Waals surface area (Å²) in [4.78, 5) is 20.5. The number of aryl methyl sites for hydroxylation is 2. The van der Waals surface area contributed by atoms with E-state index in [1.54, 1.807) is 18.3 Å². The monoisotopic (exact) mass is 358 g/mol. The van der Waals surface area contributed by atoms with Crippen molar-refractivity contribution in [3.05, 3.63) is 82.8 Å². The molecule has 3 rings (SSSR count). The zero-order valence-corrected chi connectivity index (χ0v) is 15.1. The Bertz CT molecular complexity index is 987. The molecule has 27 heavy (non-hydrogen) atoms. The number of ether oxygens (including phenoxy) is 1. The van der Waals surface area contributed by atoms with Crippen molar-refractivity contribution < 1.29 is 9.53 Å². The zero-order chi connectivity index (χ0) is 19.2. The van der Waals surface area contributed by atoms with E-state index in [2.05, 4.69) is 15.3 Å². The molecule has 0 atom stereocenters. The predicted molar refractivity (Wildman–Crippen MR) is 100 cm³/mol. The molecule has 0 spiro atoms. The van der Waals surface area contributed by atoms with Crippen LogP contribution in [0.5, 0.6) is 11.6 Å². The summed E-state index contributed by atoms with van der Waals surface area (Å²) in [5, 5.41) is 11.6. The molecule has 0 radical (unpaired) electrons. The summed E-state index contributed by atoms with van der Waals surface area (Å²) < 4.78 is 6.03. The molecule has 3 aromatic rings. The van der Waals surface area contributed by atoms with Crippen LogP contribution in [-0.2, 0) is 6.54 Å². The number of nitrogens with zero attached hydrogens (tertiary/aromatic N) is 3. The summed E-state index contributed by atoms with van der Waals surface area (Å²) in [6, 6.07) is 14.6. The molecular weight excluding hydrogens is 340 g/mol. The van der Waals surface area contributed by atoms with Gasteiger partial charge in [-0.05, 0) is 43.2 Å². The SMILES string of the molecule is Cc1cccc(C)c1Oc1ncccc1CNC(=O)c1ccc(C#N)nc1. The number of amides is 1. The van der Waals surface area contributed by atoms with Gasteiger partial charge in [0.2, 0.25) is 5.88 Å². The third kappa shape index (κ3) is 4.28. The Morgan fingerprint density at radius 1 is 1.11 bits per heavy atom. The third-order valence-corrected chi connectivity index (χ3v) is 4.04. The molecule has 2 heterocycles. The van der Waals surface area contributed by atoms with Crippen molar-refractivity contribution in [3.63, 3.8) is 0 Å². The van der Waals surface area contributed by atoms with Gasteiger partial charge >= 0.3 is 0 Å². The Morgan fingerprint density at radius 2 is 1.89 bits per heavy atom. The fourth-order valence-electron chi connectivity index (χ4n) is 2.58. The van der Waals surface area contributed by atoms with Gasteiger partial charge in [0.15, 0.2) is 0 Å². The summed E-state index contributed by atoms with van der Waals surface area (Å²) in [6.45, 7) is 4.21. The molecule has 0 saturated heterocycles. The summed E-state index contributed by atoms with van der Waals surface area (Å²) in [5.74, 6) is 0.932. The molecule has 6 nitrogen and oxygen atoms in total. The Morgan fingerprint density at radius 3 is 2.56 bits per heavy atom. The summed E-state index contributed by atoms with van der Waals surface area (Å²) in [6.07, 6.45) is 3.03. The molecule has 6 heteroatoms. The van der Waals surface area contributed by atoms with Crippen LogP contribution in [0.2, 0.25) is 0 Å². The van der Waals surface area contributed by atoms with Gasteiger partial charge in [-0.25, -0.2) is 9.97 Å². The van der Waals surface area contributed by atoms with Crippen LogP contribution in [-0.4, -0.2) is 15.9 Å². The van der Waals surface area contributed by atoms with Crippen molar-refractivity contribution in [2.45, 2.75) is 20.4 Å². The lowest BCUT2D eigenvalue weighted by Crippen LogP contribution is -2.23. The van der Waals surface area contributed by atoms with E-state index < -0.39 is 0 Å². The number of nitriles is 1. The topological polar surface area (TPSA) is 87.9 Å². The Hall–Kier alpha value is -3.72. The highest BCUT2D eigenvalue weighted by molar-refractivity contribution is 5.93. The fourth-order valence-corrected chi connectivity index (χ4v) is 2.58. The van der Waals surface area contributed by atoms with E-state index in [-0.39, 0.29) is 18.1 Å².